The Morgan fingerprint density at radius 2 is 1.38 bits per heavy atom. The Hall–Kier alpha value is -2.63. The summed E-state index contributed by atoms with van der Waals surface area (Å²) >= 11 is 0. The molecule has 0 fully saturated rings. The van der Waals surface area contributed by atoms with Crippen molar-refractivity contribution in [1.82, 2.24) is 4.72 Å². The molecule has 4 nitrogen and oxygen atoms in total. The van der Waals surface area contributed by atoms with Gasteiger partial charge in [0.25, 0.3) is 0 Å². The number of ether oxygens (including phenoxy) is 1. The zero-order valence-corrected chi connectivity index (χ0v) is 24.2. The number of rotatable bonds is 8. The summed E-state index contributed by atoms with van der Waals surface area (Å²) in [6.07, 6.45) is 0. The number of benzene rings is 3. The molecule has 1 aliphatic carbocycles. The van der Waals surface area contributed by atoms with E-state index in [9.17, 15) is 8.42 Å². The summed E-state index contributed by atoms with van der Waals surface area (Å²) < 4.78 is 37.4. The maximum Gasteiger partial charge on any atom is 0.241 e. The normalized spacial score (nSPS) is 19.6. The maximum atomic E-state index is 14.3. The van der Waals surface area contributed by atoms with Gasteiger partial charge in [0.2, 0.25) is 10.0 Å². The van der Waals surface area contributed by atoms with Crippen molar-refractivity contribution in [3.05, 3.63) is 94.0 Å². The Bertz CT molecular complexity index is 1330. The van der Waals surface area contributed by atoms with Gasteiger partial charge < -0.3 is 4.74 Å². The highest BCUT2D eigenvalue weighted by Crippen LogP contribution is 2.50. The monoisotopic (exact) mass is 519 g/mol. The number of hydrogen-bond acceptors (Lipinski definition) is 3. The molecular weight excluding hydrogens is 478 g/mol. The lowest BCUT2D eigenvalue weighted by molar-refractivity contribution is 0.411. The first-order valence-corrected chi connectivity index (χ1v) is 14.9. The molecule has 0 radical (unpaired) electrons. The summed E-state index contributed by atoms with van der Waals surface area (Å²) in [5, 5.41) is 0. The highest BCUT2D eigenvalue weighted by Gasteiger charge is 2.42. The molecule has 3 aromatic carbocycles. The second-order valence-electron chi connectivity index (χ2n) is 11.3. The third-order valence-electron chi connectivity index (χ3n) is 7.80. The molecule has 0 saturated carbocycles. The van der Waals surface area contributed by atoms with Crippen molar-refractivity contribution in [3.63, 3.8) is 0 Å². The summed E-state index contributed by atoms with van der Waals surface area (Å²) in [7, 11) is -2.18. The van der Waals surface area contributed by atoms with Crippen LogP contribution in [-0.2, 0) is 10.0 Å². The molecular formula is C32H41NO3S. The van der Waals surface area contributed by atoms with E-state index < -0.39 is 10.0 Å². The predicted octanol–water partition coefficient (Wildman–Crippen LogP) is 7.87. The van der Waals surface area contributed by atoms with E-state index >= 15 is 0 Å². The van der Waals surface area contributed by atoms with E-state index in [4.69, 9.17) is 4.74 Å². The van der Waals surface area contributed by atoms with Crippen LogP contribution in [0, 0.1) is 5.92 Å². The predicted molar refractivity (Wildman–Crippen MR) is 152 cm³/mol. The van der Waals surface area contributed by atoms with Crippen molar-refractivity contribution < 1.29 is 13.2 Å². The van der Waals surface area contributed by atoms with Gasteiger partial charge in [0.15, 0.2) is 0 Å². The number of hydrogen-bond donors (Lipinski definition) is 1. The fourth-order valence-corrected chi connectivity index (χ4v) is 7.74. The fourth-order valence-electron chi connectivity index (χ4n) is 5.73. The molecule has 4 rings (SSSR count). The summed E-state index contributed by atoms with van der Waals surface area (Å²) in [4.78, 5) is 0.446. The van der Waals surface area contributed by atoms with Crippen LogP contribution in [0.2, 0.25) is 0 Å². The van der Waals surface area contributed by atoms with Crippen LogP contribution in [0.3, 0.4) is 0 Å². The van der Waals surface area contributed by atoms with Crippen LogP contribution in [0.15, 0.2) is 65.6 Å². The summed E-state index contributed by atoms with van der Waals surface area (Å²) in [5.74, 6) is 1.32. The van der Waals surface area contributed by atoms with Crippen molar-refractivity contribution in [1.29, 1.82) is 0 Å². The molecule has 1 N–H and O–H groups in total. The first kappa shape index (κ1) is 27.4. The fraction of sp³-hybridized carbons (Fsp3) is 0.438. The van der Waals surface area contributed by atoms with Gasteiger partial charge in [0.1, 0.15) is 5.75 Å². The quantitative estimate of drug-likeness (QED) is 0.329. The minimum atomic E-state index is -3.83. The molecule has 0 saturated heterocycles. The highest BCUT2D eigenvalue weighted by molar-refractivity contribution is 7.89. The maximum absolute atomic E-state index is 14.3. The standard InChI is InChI=1S/C32H41NO3S/c1-19(2)24-16-27(20(3)4)32(28(17-24)21(5)6)37(34,35)33-31-22(7)30(23-12-10-9-11-13-23)26-15-14-25(36-8)18-29(26)31/h9-22,30-31,33H,1-8H3/t22-,30+,31+/m1/s1. The van der Waals surface area contributed by atoms with Gasteiger partial charge in [-0.05, 0) is 69.2 Å². The van der Waals surface area contributed by atoms with Crippen LogP contribution in [-0.4, -0.2) is 15.5 Å². The van der Waals surface area contributed by atoms with Crippen LogP contribution >= 0.6 is 0 Å². The molecule has 0 amide bonds. The molecule has 0 unspecified atom stereocenters. The van der Waals surface area contributed by atoms with Gasteiger partial charge in [-0.2, -0.15) is 0 Å². The van der Waals surface area contributed by atoms with Gasteiger partial charge in [-0.1, -0.05) is 97.0 Å². The van der Waals surface area contributed by atoms with Crippen molar-refractivity contribution in [2.24, 2.45) is 5.92 Å². The molecule has 0 aliphatic heterocycles. The lowest BCUT2D eigenvalue weighted by atomic mass is 9.86. The molecule has 37 heavy (non-hydrogen) atoms. The van der Waals surface area contributed by atoms with E-state index in [0.717, 1.165) is 28.0 Å². The smallest absolute Gasteiger partial charge is 0.241 e. The van der Waals surface area contributed by atoms with Crippen molar-refractivity contribution in [2.45, 2.75) is 83.1 Å². The highest BCUT2D eigenvalue weighted by atomic mass is 32.2. The molecule has 0 heterocycles. The van der Waals surface area contributed by atoms with E-state index in [1.54, 1.807) is 7.11 Å². The van der Waals surface area contributed by atoms with Crippen LogP contribution in [0.1, 0.15) is 112 Å². The van der Waals surface area contributed by atoms with Crippen molar-refractivity contribution in [3.8, 4) is 5.75 Å². The van der Waals surface area contributed by atoms with Gasteiger partial charge in [-0.3, -0.25) is 0 Å². The molecule has 3 aromatic rings. The molecule has 5 heteroatoms. The van der Waals surface area contributed by atoms with E-state index in [1.807, 2.05) is 30.3 Å². The molecule has 0 aromatic heterocycles. The molecule has 0 bridgehead atoms. The summed E-state index contributed by atoms with van der Waals surface area (Å²) in [6, 6.07) is 20.2. The zero-order valence-electron chi connectivity index (χ0n) is 23.4. The minimum Gasteiger partial charge on any atom is -0.497 e. The van der Waals surface area contributed by atoms with Crippen LogP contribution in [0.5, 0.6) is 5.75 Å². The van der Waals surface area contributed by atoms with Gasteiger partial charge in [-0.15, -0.1) is 0 Å². The summed E-state index contributed by atoms with van der Waals surface area (Å²) in [5.41, 5.74) is 6.28. The molecule has 1 aliphatic rings. The molecule has 198 valence electrons. The Kier molecular flexibility index (Phi) is 7.87. The topological polar surface area (TPSA) is 55.4 Å². The molecule has 0 spiro atoms. The number of fused-ring (bicyclic) bond motifs is 1. The van der Waals surface area contributed by atoms with Gasteiger partial charge in [0, 0.05) is 5.92 Å². The zero-order chi connectivity index (χ0) is 27.1. The lowest BCUT2D eigenvalue weighted by Gasteiger charge is -2.26. The van der Waals surface area contributed by atoms with Gasteiger partial charge in [0.05, 0.1) is 18.0 Å². The average molecular weight is 520 g/mol. The van der Waals surface area contributed by atoms with E-state index in [-0.39, 0.29) is 29.7 Å². The Morgan fingerprint density at radius 1 is 0.784 bits per heavy atom. The Morgan fingerprint density at radius 3 is 1.89 bits per heavy atom. The SMILES string of the molecule is COc1ccc2c(c1)[C@@H](NS(=O)(=O)c1c(C(C)C)cc(C(C)C)cc1C(C)C)[C@H](C)[C@H]2c1ccccc1. The number of sulfonamides is 1. The third kappa shape index (κ3) is 5.21. The van der Waals surface area contributed by atoms with Crippen molar-refractivity contribution >= 4 is 10.0 Å². The average Bonchev–Trinajstić information content (AvgIpc) is 3.13. The largest absolute Gasteiger partial charge is 0.497 e. The summed E-state index contributed by atoms with van der Waals surface area (Å²) in [6.45, 7) is 14.8. The van der Waals surface area contributed by atoms with Crippen LogP contribution in [0.4, 0.5) is 0 Å². The van der Waals surface area contributed by atoms with E-state index in [2.05, 4.69) is 83.5 Å². The van der Waals surface area contributed by atoms with E-state index in [1.165, 1.54) is 11.1 Å². The third-order valence-corrected chi connectivity index (χ3v) is 9.38. The second kappa shape index (κ2) is 10.6. The number of nitrogens with one attached hydrogen (secondary N) is 1. The number of methoxy groups -OCH3 is 1. The van der Waals surface area contributed by atoms with Crippen molar-refractivity contribution in [2.75, 3.05) is 7.11 Å². The van der Waals surface area contributed by atoms with E-state index in [0.29, 0.717) is 10.8 Å². The minimum absolute atomic E-state index is 0.0271. The first-order chi connectivity index (χ1) is 17.5. The van der Waals surface area contributed by atoms with Crippen LogP contribution in [0.25, 0.3) is 0 Å². The lowest BCUT2D eigenvalue weighted by Crippen LogP contribution is -2.33. The Balaban J connectivity index is 1.86. The first-order valence-electron chi connectivity index (χ1n) is 13.4. The molecule has 3 atom stereocenters. The Labute approximate surface area is 223 Å². The van der Waals surface area contributed by atoms with Gasteiger partial charge in [-0.25, -0.2) is 13.1 Å². The van der Waals surface area contributed by atoms with Crippen LogP contribution < -0.4 is 9.46 Å². The van der Waals surface area contributed by atoms with Gasteiger partial charge >= 0.3 is 0 Å². The second-order valence-corrected chi connectivity index (χ2v) is 13.0.